The Morgan fingerprint density at radius 1 is 1.10 bits per heavy atom. The van der Waals surface area contributed by atoms with Gasteiger partial charge in [-0.2, -0.15) is 0 Å². The van der Waals surface area contributed by atoms with Crippen molar-refractivity contribution in [3.8, 4) is 11.5 Å². The quantitative estimate of drug-likeness (QED) is 0.800. The first-order chi connectivity index (χ1) is 10.2. The Balaban J connectivity index is 1.99. The third-order valence-electron chi connectivity index (χ3n) is 3.35. The van der Waals surface area contributed by atoms with Crippen molar-refractivity contribution in [3.63, 3.8) is 0 Å². The average molecular weight is 286 g/mol. The fraction of sp³-hybridized carbons (Fsp3) is 0.188. The molecule has 1 N–H and O–H groups in total. The molecule has 0 amide bonds. The van der Waals surface area contributed by atoms with E-state index in [2.05, 4.69) is 9.97 Å². The van der Waals surface area contributed by atoms with E-state index in [1.54, 1.807) is 32.4 Å². The van der Waals surface area contributed by atoms with Crippen molar-refractivity contribution < 1.29 is 13.9 Å². The van der Waals surface area contributed by atoms with Crippen LogP contribution in [0.4, 0.5) is 4.39 Å². The predicted molar refractivity (Wildman–Crippen MR) is 78.4 cm³/mol. The summed E-state index contributed by atoms with van der Waals surface area (Å²) in [5.74, 6) is 1.72. The molecular formula is C16H15FN2O2. The van der Waals surface area contributed by atoms with Crippen LogP contribution in [0, 0.1) is 5.82 Å². The monoisotopic (exact) mass is 286 g/mol. The lowest BCUT2D eigenvalue weighted by molar-refractivity contribution is 0.356. The molecule has 0 atom stereocenters. The van der Waals surface area contributed by atoms with Gasteiger partial charge >= 0.3 is 0 Å². The molecule has 5 heteroatoms. The summed E-state index contributed by atoms with van der Waals surface area (Å²) >= 11 is 0. The number of hydrogen-bond acceptors (Lipinski definition) is 3. The molecule has 0 aliphatic heterocycles. The highest BCUT2D eigenvalue weighted by Gasteiger charge is 2.11. The smallest absolute Gasteiger partial charge is 0.163 e. The van der Waals surface area contributed by atoms with Gasteiger partial charge in [0, 0.05) is 18.6 Å². The summed E-state index contributed by atoms with van der Waals surface area (Å²) in [5, 5.41) is 0. The minimum absolute atomic E-state index is 0.229. The Bertz CT molecular complexity index is 742. The first-order valence-corrected chi connectivity index (χ1v) is 6.55. The number of imidazole rings is 1. The number of aromatic nitrogens is 2. The second kappa shape index (κ2) is 5.44. The van der Waals surface area contributed by atoms with E-state index < -0.39 is 0 Å². The van der Waals surface area contributed by atoms with Crippen LogP contribution >= 0.6 is 0 Å². The van der Waals surface area contributed by atoms with Gasteiger partial charge in [-0.15, -0.1) is 0 Å². The van der Waals surface area contributed by atoms with E-state index in [1.165, 1.54) is 6.07 Å². The standard InChI is InChI=1S/C16H15FN2O2/c1-20-14-8-12-13(9-15(14)21-2)19-16(18-12)7-10-5-3-4-6-11(10)17/h3-6,8-9H,7H2,1-2H3,(H,18,19). The largest absolute Gasteiger partial charge is 0.493 e. The first kappa shape index (κ1) is 13.4. The maximum absolute atomic E-state index is 13.7. The Morgan fingerprint density at radius 2 is 1.81 bits per heavy atom. The minimum Gasteiger partial charge on any atom is -0.493 e. The normalized spacial score (nSPS) is 10.8. The van der Waals surface area contributed by atoms with Crippen molar-refractivity contribution in [2.24, 2.45) is 0 Å². The van der Waals surface area contributed by atoms with Crippen LogP contribution in [-0.4, -0.2) is 24.2 Å². The van der Waals surface area contributed by atoms with E-state index in [-0.39, 0.29) is 5.82 Å². The van der Waals surface area contributed by atoms with Gasteiger partial charge in [-0.25, -0.2) is 9.37 Å². The van der Waals surface area contributed by atoms with Gasteiger partial charge in [0.2, 0.25) is 0 Å². The van der Waals surface area contributed by atoms with E-state index in [9.17, 15) is 4.39 Å². The molecule has 0 fully saturated rings. The number of aromatic amines is 1. The molecule has 0 saturated carbocycles. The molecule has 21 heavy (non-hydrogen) atoms. The minimum atomic E-state index is -0.229. The maximum atomic E-state index is 13.7. The number of benzene rings is 2. The fourth-order valence-electron chi connectivity index (χ4n) is 2.30. The van der Waals surface area contributed by atoms with Crippen LogP contribution in [0.2, 0.25) is 0 Å². The second-order valence-electron chi connectivity index (χ2n) is 4.68. The van der Waals surface area contributed by atoms with E-state index in [0.29, 0.717) is 29.3 Å². The molecule has 0 aliphatic rings. The molecule has 3 aromatic rings. The van der Waals surface area contributed by atoms with Gasteiger partial charge in [-0.05, 0) is 11.6 Å². The van der Waals surface area contributed by atoms with Crippen molar-refractivity contribution >= 4 is 11.0 Å². The maximum Gasteiger partial charge on any atom is 0.163 e. The lowest BCUT2D eigenvalue weighted by Gasteiger charge is -2.06. The first-order valence-electron chi connectivity index (χ1n) is 6.55. The van der Waals surface area contributed by atoms with E-state index in [1.807, 2.05) is 12.1 Å². The van der Waals surface area contributed by atoms with E-state index in [0.717, 1.165) is 11.0 Å². The van der Waals surface area contributed by atoms with Crippen molar-refractivity contribution in [3.05, 3.63) is 53.6 Å². The molecule has 1 aromatic heterocycles. The molecule has 3 rings (SSSR count). The highest BCUT2D eigenvalue weighted by molar-refractivity contribution is 5.79. The average Bonchev–Trinajstić information content (AvgIpc) is 2.89. The molecule has 108 valence electrons. The van der Waals surface area contributed by atoms with Gasteiger partial charge in [-0.3, -0.25) is 0 Å². The van der Waals surface area contributed by atoms with Crippen molar-refractivity contribution in [1.82, 2.24) is 9.97 Å². The summed E-state index contributed by atoms with van der Waals surface area (Å²) in [6.45, 7) is 0. The number of H-pyrrole nitrogens is 1. The van der Waals surface area contributed by atoms with Crippen molar-refractivity contribution in [2.45, 2.75) is 6.42 Å². The summed E-state index contributed by atoms with van der Waals surface area (Å²) in [6, 6.07) is 10.3. The Kier molecular flexibility index (Phi) is 3.48. The molecule has 2 aromatic carbocycles. The number of ether oxygens (including phenoxy) is 2. The second-order valence-corrected chi connectivity index (χ2v) is 4.68. The third-order valence-corrected chi connectivity index (χ3v) is 3.35. The number of nitrogens with one attached hydrogen (secondary N) is 1. The van der Waals surface area contributed by atoms with Gasteiger partial charge in [0.15, 0.2) is 11.5 Å². The van der Waals surface area contributed by atoms with Crippen LogP contribution in [-0.2, 0) is 6.42 Å². The molecule has 0 aliphatic carbocycles. The molecule has 0 saturated heterocycles. The molecule has 4 nitrogen and oxygen atoms in total. The summed E-state index contributed by atoms with van der Waals surface area (Å²) in [7, 11) is 3.16. The van der Waals surface area contributed by atoms with Gasteiger partial charge < -0.3 is 14.5 Å². The van der Waals surface area contributed by atoms with Gasteiger partial charge in [0.05, 0.1) is 25.3 Å². The van der Waals surface area contributed by atoms with Crippen LogP contribution in [0.3, 0.4) is 0 Å². The van der Waals surface area contributed by atoms with Crippen LogP contribution in [0.15, 0.2) is 36.4 Å². The molecule has 0 unspecified atom stereocenters. The molecule has 0 spiro atoms. The van der Waals surface area contributed by atoms with E-state index >= 15 is 0 Å². The molecule has 0 bridgehead atoms. The van der Waals surface area contributed by atoms with Gasteiger partial charge in [0.25, 0.3) is 0 Å². The Morgan fingerprint density at radius 3 is 2.52 bits per heavy atom. The Labute approximate surface area is 121 Å². The summed E-state index contributed by atoms with van der Waals surface area (Å²) in [6.07, 6.45) is 0.409. The lowest BCUT2D eigenvalue weighted by atomic mass is 10.1. The zero-order valence-corrected chi connectivity index (χ0v) is 11.8. The lowest BCUT2D eigenvalue weighted by Crippen LogP contribution is -1.93. The predicted octanol–water partition coefficient (Wildman–Crippen LogP) is 3.31. The summed E-state index contributed by atoms with van der Waals surface area (Å²) < 4.78 is 24.2. The summed E-state index contributed by atoms with van der Waals surface area (Å²) in [4.78, 5) is 7.66. The number of methoxy groups -OCH3 is 2. The van der Waals surface area contributed by atoms with Crippen LogP contribution in [0.5, 0.6) is 11.5 Å². The highest BCUT2D eigenvalue weighted by Crippen LogP contribution is 2.31. The van der Waals surface area contributed by atoms with Gasteiger partial charge in [-0.1, -0.05) is 18.2 Å². The topological polar surface area (TPSA) is 47.1 Å². The van der Waals surface area contributed by atoms with E-state index in [4.69, 9.17) is 9.47 Å². The summed E-state index contributed by atoms with van der Waals surface area (Å²) in [5.41, 5.74) is 2.20. The van der Waals surface area contributed by atoms with Crippen LogP contribution in [0.25, 0.3) is 11.0 Å². The molecule has 1 heterocycles. The van der Waals surface area contributed by atoms with Crippen molar-refractivity contribution in [2.75, 3.05) is 14.2 Å². The Hall–Kier alpha value is -2.56. The molecular weight excluding hydrogens is 271 g/mol. The zero-order valence-electron chi connectivity index (χ0n) is 11.8. The number of halogens is 1. The highest BCUT2D eigenvalue weighted by atomic mass is 19.1. The number of fused-ring (bicyclic) bond motifs is 1. The fourth-order valence-corrected chi connectivity index (χ4v) is 2.30. The molecule has 0 radical (unpaired) electrons. The van der Waals surface area contributed by atoms with Gasteiger partial charge in [0.1, 0.15) is 11.6 Å². The number of hydrogen-bond donors (Lipinski definition) is 1. The van der Waals surface area contributed by atoms with Crippen LogP contribution in [0.1, 0.15) is 11.4 Å². The van der Waals surface area contributed by atoms with Crippen LogP contribution < -0.4 is 9.47 Å². The zero-order chi connectivity index (χ0) is 14.8. The number of rotatable bonds is 4. The number of nitrogens with zero attached hydrogens (tertiary/aromatic N) is 1. The van der Waals surface area contributed by atoms with Crippen molar-refractivity contribution in [1.29, 1.82) is 0 Å². The third kappa shape index (κ3) is 2.54. The SMILES string of the molecule is COc1cc2nc(Cc3ccccc3F)[nH]c2cc1OC.